The molecule has 0 bridgehead atoms. The zero-order valence-corrected chi connectivity index (χ0v) is 16.9. The van der Waals surface area contributed by atoms with Gasteiger partial charge in [-0.2, -0.15) is 0 Å². The smallest absolute Gasteiger partial charge is 1.00 e. The maximum absolute atomic E-state index is 4.53. The topological polar surface area (TPSA) is 12.9 Å². The third-order valence-corrected chi connectivity index (χ3v) is 5.57. The van der Waals surface area contributed by atoms with Gasteiger partial charge in [-0.15, -0.1) is 0 Å². The Morgan fingerprint density at radius 1 is 1.09 bits per heavy atom. The summed E-state index contributed by atoms with van der Waals surface area (Å²) in [4.78, 5) is 4.53. The van der Waals surface area contributed by atoms with Crippen LogP contribution in [0.4, 0.5) is 0 Å². The van der Waals surface area contributed by atoms with Crippen LogP contribution in [0.1, 0.15) is 34.2 Å². The molecular formula is C18H18Cl2NZr. The number of aromatic nitrogens is 1. The molecule has 0 amide bonds. The second-order valence-electron chi connectivity index (χ2n) is 5.70. The van der Waals surface area contributed by atoms with Crippen molar-refractivity contribution in [3.63, 3.8) is 0 Å². The molecule has 0 aliphatic heterocycles. The van der Waals surface area contributed by atoms with Crippen molar-refractivity contribution in [3.8, 4) is 11.3 Å². The molecule has 22 heavy (non-hydrogen) atoms. The maximum Gasteiger partial charge on any atom is -1.00 e. The van der Waals surface area contributed by atoms with Crippen molar-refractivity contribution in [2.45, 2.75) is 24.4 Å². The molecule has 0 saturated heterocycles. The normalized spacial score (nSPS) is 15.7. The van der Waals surface area contributed by atoms with Crippen molar-refractivity contribution in [2.75, 3.05) is 0 Å². The van der Waals surface area contributed by atoms with Gasteiger partial charge in [-0.1, -0.05) is 0 Å². The molecule has 1 unspecified atom stereocenters. The van der Waals surface area contributed by atoms with Crippen LogP contribution < -0.4 is 24.8 Å². The van der Waals surface area contributed by atoms with E-state index in [2.05, 4.69) is 56.1 Å². The van der Waals surface area contributed by atoms with Crippen LogP contribution in [-0.4, -0.2) is 4.98 Å². The van der Waals surface area contributed by atoms with Gasteiger partial charge < -0.3 is 24.8 Å². The number of benzene rings is 1. The van der Waals surface area contributed by atoms with Crippen LogP contribution in [0.15, 0.2) is 42.1 Å². The van der Waals surface area contributed by atoms with E-state index in [1.54, 1.807) is 30.3 Å². The van der Waals surface area contributed by atoms with Gasteiger partial charge >= 0.3 is 136 Å². The van der Waals surface area contributed by atoms with Gasteiger partial charge in [0, 0.05) is 0 Å². The summed E-state index contributed by atoms with van der Waals surface area (Å²) in [7, 11) is 0. The third kappa shape index (κ3) is 3.40. The van der Waals surface area contributed by atoms with E-state index < -0.39 is 0 Å². The Morgan fingerprint density at radius 3 is 2.41 bits per heavy atom. The first-order chi connectivity index (χ1) is 9.59. The predicted octanol–water partition coefficient (Wildman–Crippen LogP) is -1.29. The molecule has 1 nitrogen and oxygen atoms in total. The van der Waals surface area contributed by atoms with Crippen molar-refractivity contribution < 1.29 is 49.5 Å². The second-order valence-corrected chi connectivity index (χ2v) is 7.12. The fourth-order valence-electron chi connectivity index (χ4n) is 2.95. The molecule has 2 aromatic rings. The molecule has 0 radical (unpaired) electrons. The summed E-state index contributed by atoms with van der Waals surface area (Å²) in [6, 6.07) is 10.6. The average molecular weight is 410 g/mol. The Morgan fingerprint density at radius 2 is 1.82 bits per heavy atom. The fraction of sp³-hybridized carbons (Fsp3) is 0.278. The van der Waals surface area contributed by atoms with E-state index >= 15 is 0 Å². The van der Waals surface area contributed by atoms with Gasteiger partial charge in [0.25, 0.3) is 0 Å². The van der Waals surface area contributed by atoms with Crippen LogP contribution in [0, 0.1) is 12.8 Å². The number of hydrogen-bond acceptors (Lipinski definition) is 1. The summed E-state index contributed by atoms with van der Waals surface area (Å²) in [6.07, 6.45) is 4.29. The molecule has 1 aliphatic rings. The summed E-state index contributed by atoms with van der Waals surface area (Å²) in [5.74, 6) is 0.614. The van der Waals surface area contributed by atoms with E-state index in [0.29, 0.717) is 9.54 Å². The quantitative estimate of drug-likeness (QED) is 0.600. The fourth-order valence-corrected chi connectivity index (χ4v) is 4.91. The molecule has 0 fully saturated rings. The van der Waals surface area contributed by atoms with E-state index in [0.717, 1.165) is 5.69 Å². The van der Waals surface area contributed by atoms with Gasteiger partial charge in [0.15, 0.2) is 0 Å². The molecule has 0 saturated carbocycles. The van der Waals surface area contributed by atoms with Gasteiger partial charge in [-0.05, 0) is 0 Å². The third-order valence-electron chi connectivity index (χ3n) is 4.05. The van der Waals surface area contributed by atoms with E-state index in [1.807, 2.05) is 12.3 Å². The minimum atomic E-state index is 0. The molecule has 1 aromatic heterocycles. The van der Waals surface area contributed by atoms with Gasteiger partial charge in [-0.3, -0.25) is 0 Å². The second kappa shape index (κ2) is 7.91. The van der Waals surface area contributed by atoms with Crippen molar-refractivity contribution in [2.24, 2.45) is 5.92 Å². The van der Waals surface area contributed by atoms with Crippen molar-refractivity contribution in [1.29, 1.82) is 0 Å². The Balaban J connectivity index is 0.00000121. The molecule has 3 rings (SSSR count). The molecule has 0 spiro atoms. The molecule has 4 heteroatoms. The molecule has 1 aliphatic carbocycles. The number of allylic oxidation sites excluding steroid dienone is 1. The Labute approximate surface area is 160 Å². The molecule has 113 valence electrons. The van der Waals surface area contributed by atoms with Gasteiger partial charge in [0.05, 0.1) is 0 Å². The molecule has 1 atom stereocenters. The van der Waals surface area contributed by atoms with Gasteiger partial charge in [0.2, 0.25) is 0 Å². The minimum absolute atomic E-state index is 0. The van der Waals surface area contributed by atoms with Crippen LogP contribution in [0.25, 0.3) is 17.3 Å². The number of halogens is 2. The van der Waals surface area contributed by atoms with E-state index in [4.69, 9.17) is 0 Å². The minimum Gasteiger partial charge on any atom is -1.00 e. The first-order valence-electron chi connectivity index (χ1n) is 7.07. The summed E-state index contributed by atoms with van der Waals surface area (Å²) < 4.78 is 0.612. The SMILES string of the molecule is Cc1ccc(-c2ccccn2)c2c1[CH]([Zr+2])C(C(C)C)=C2.[Cl-].[Cl-]. The summed E-state index contributed by atoms with van der Waals surface area (Å²) in [5.41, 5.74) is 8.25. The zero-order chi connectivity index (χ0) is 14.3. The summed E-state index contributed by atoms with van der Waals surface area (Å²) in [5, 5.41) is 0. The molecular weight excluding hydrogens is 392 g/mol. The first-order valence-corrected chi connectivity index (χ1v) is 8.49. The number of pyridine rings is 1. The number of rotatable bonds is 2. The monoisotopic (exact) mass is 408 g/mol. The zero-order valence-electron chi connectivity index (χ0n) is 12.9. The molecule has 0 N–H and O–H groups in total. The Kier molecular flexibility index (Phi) is 7.05. The Bertz CT molecular complexity index is 681. The van der Waals surface area contributed by atoms with Gasteiger partial charge in [0.1, 0.15) is 0 Å². The van der Waals surface area contributed by atoms with Crippen LogP contribution in [0.5, 0.6) is 0 Å². The predicted molar refractivity (Wildman–Crippen MR) is 80.0 cm³/mol. The van der Waals surface area contributed by atoms with Gasteiger partial charge in [-0.25, -0.2) is 0 Å². The van der Waals surface area contributed by atoms with Crippen LogP contribution in [0.3, 0.4) is 0 Å². The summed E-state index contributed by atoms with van der Waals surface area (Å²) in [6.45, 7) is 6.82. The van der Waals surface area contributed by atoms with Crippen molar-refractivity contribution in [3.05, 3.63) is 58.8 Å². The van der Waals surface area contributed by atoms with Crippen molar-refractivity contribution >= 4 is 6.08 Å². The number of aryl methyl sites for hydroxylation is 1. The maximum atomic E-state index is 4.53. The van der Waals surface area contributed by atoms with Crippen LogP contribution >= 0.6 is 0 Å². The van der Waals surface area contributed by atoms with Crippen molar-refractivity contribution in [1.82, 2.24) is 4.98 Å². The largest absolute Gasteiger partial charge is 1.00 e. The van der Waals surface area contributed by atoms with Crippen LogP contribution in [-0.2, 0) is 24.7 Å². The van der Waals surface area contributed by atoms with E-state index in [9.17, 15) is 0 Å². The standard InChI is InChI=1S/C18H18N.2ClH.Zr/c1-12(2)14-10-16-13(3)7-8-15(17(16)11-14)18-6-4-5-9-19-18;;;/h4-12H,1-3H3;2*1H;/q;;;+2/p-2. The molecule has 1 aromatic carbocycles. The van der Waals surface area contributed by atoms with E-state index in [1.165, 1.54) is 22.3 Å². The average Bonchev–Trinajstić information content (AvgIpc) is 2.79. The number of nitrogens with zero attached hydrogens (tertiary/aromatic N) is 1. The Hall–Kier alpha value is -0.427. The number of fused-ring (bicyclic) bond motifs is 1. The van der Waals surface area contributed by atoms with Crippen LogP contribution in [0.2, 0.25) is 0 Å². The number of hydrogen-bond donors (Lipinski definition) is 0. The first kappa shape index (κ1) is 19.6. The summed E-state index contributed by atoms with van der Waals surface area (Å²) >= 11 is 1.58. The van der Waals surface area contributed by atoms with E-state index in [-0.39, 0.29) is 24.8 Å². The molecule has 1 heterocycles.